The molecule has 0 radical (unpaired) electrons. The summed E-state index contributed by atoms with van der Waals surface area (Å²) in [5.41, 5.74) is 1.43. The van der Waals surface area contributed by atoms with Gasteiger partial charge in [-0.25, -0.2) is 0 Å². The Balaban J connectivity index is 1.90. The fourth-order valence-corrected chi connectivity index (χ4v) is 3.68. The zero-order valence-corrected chi connectivity index (χ0v) is 12.0. The maximum absolute atomic E-state index is 3.80. The molecule has 1 aromatic rings. The number of aryl methyl sites for hydroxylation is 1. The summed E-state index contributed by atoms with van der Waals surface area (Å²) in [4.78, 5) is 4.05. The molecular weight excluding hydrogens is 228 g/mol. The Labute approximate surface area is 109 Å². The molecule has 2 atom stereocenters. The maximum Gasteiger partial charge on any atom is 0.0391 e. The minimum absolute atomic E-state index is 0.497. The minimum Gasteiger partial charge on any atom is -0.305 e. The molecule has 0 aromatic carbocycles. The van der Waals surface area contributed by atoms with E-state index in [1.807, 2.05) is 11.3 Å². The molecule has 1 aromatic heterocycles. The van der Waals surface area contributed by atoms with Crippen LogP contribution in [0.1, 0.15) is 43.2 Å². The van der Waals surface area contributed by atoms with Crippen LogP contribution in [-0.4, -0.2) is 30.6 Å². The monoisotopic (exact) mass is 252 g/mol. The Hall–Kier alpha value is -0.380. The van der Waals surface area contributed by atoms with Crippen LogP contribution in [0.3, 0.4) is 0 Å². The van der Waals surface area contributed by atoms with E-state index in [0.29, 0.717) is 12.1 Å². The van der Waals surface area contributed by atoms with E-state index in [4.69, 9.17) is 0 Å². The van der Waals surface area contributed by atoms with Gasteiger partial charge in [0.05, 0.1) is 0 Å². The van der Waals surface area contributed by atoms with Crippen LogP contribution in [0.2, 0.25) is 0 Å². The third-order valence-corrected chi connectivity index (χ3v) is 4.94. The first-order chi connectivity index (χ1) is 8.20. The number of nitrogens with one attached hydrogen (secondary N) is 1. The van der Waals surface area contributed by atoms with E-state index in [-0.39, 0.29) is 0 Å². The quantitative estimate of drug-likeness (QED) is 0.885. The van der Waals surface area contributed by atoms with E-state index < -0.39 is 0 Å². The Morgan fingerprint density at radius 1 is 1.59 bits per heavy atom. The van der Waals surface area contributed by atoms with Crippen molar-refractivity contribution in [1.29, 1.82) is 0 Å². The van der Waals surface area contributed by atoms with Crippen LogP contribution in [0.15, 0.2) is 11.4 Å². The molecular formula is C14H24N2S. The first-order valence-electron chi connectivity index (χ1n) is 6.73. The summed E-state index contributed by atoms with van der Waals surface area (Å²) in [6.45, 7) is 10.4. The largest absolute Gasteiger partial charge is 0.305 e. The van der Waals surface area contributed by atoms with Gasteiger partial charge in [0, 0.05) is 23.5 Å². The van der Waals surface area contributed by atoms with Crippen molar-refractivity contribution in [3.05, 3.63) is 21.9 Å². The molecule has 2 rings (SSSR count). The molecule has 96 valence electrons. The predicted molar refractivity (Wildman–Crippen MR) is 75.7 cm³/mol. The molecule has 3 heteroatoms. The lowest BCUT2D eigenvalue weighted by molar-refractivity contribution is 0.192. The lowest BCUT2D eigenvalue weighted by atomic mass is 10.0. The number of rotatable bonds is 4. The van der Waals surface area contributed by atoms with Crippen molar-refractivity contribution in [1.82, 2.24) is 10.2 Å². The number of piperidine rings is 1. The molecule has 0 amide bonds. The number of thiophene rings is 1. The van der Waals surface area contributed by atoms with Gasteiger partial charge in [0.25, 0.3) is 0 Å². The van der Waals surface area contributed by atoms with Crippen LogP contribution >= 0.6 is 11.3 Å². The van der Waals surface area contributed by atoms with E-state index in [0.717, 1.165) is 0 Å². The van der Waals surface area contributed by atoms with Gasteiger partial charge in [0.1, 0.15) is 0 Å². The van der Waals surface area contributed by atoms with E-state index in [1.54, 1.807) is 0 Å². The Bertz CT molecular complexity index is 348. The summed E-state index contributed by atoms with van der Waals surface area (Å²) >= 11 is 1.88. The Morgan fingerprint density at radius 3 is 3.06 bits per heavy atom. The van der Waals surface area contributed by atoms with Crippen molar-refractivity contribution in [2.75, 3.05) is 19.6 Å². The number of likely N-dealkylation sites (tertiary alicyclic amines) is 1. The SMILES string of the molecule is CCN1CCCC(NC(C)c2sccc2C)C1. The summed E-state index contributed by atoms with van der Waals surface area (Å²) < 4.78 is 0. The highest BCUT2D eigenvalue weighted by atomic mass is 32.1. The highest BCUT2D eigenvalue weighted by molar-refractivity contribution is 7.10. The zero-order chi connectivity index (χ0) is 12.3. The summed E-state index contributed by atoms with van der Waals surface area (Å²) in [7, 11) is 0. The van der Waals surface area contributed by atoms with Gasteiger partial charge in [0.2, 0.25) is 0 Å². The van der Waals surface area contributed by atoms with Gasteiger partial charge in [-0.1, -0.05) is 6.92 Å². The molecule has 17 heavy (non-hydrogen) atoms. The minimum atomic E-state index is 0.497. The van der Waals surface area contributed by atoms with Crippen LogP contribution in [0.25, 0.3) is 0 Å². The van der Waals surface area contributed by atoms with Gasteiger partial charge in [-0.05, 0) is 56.8 Å². The van der Waals surface area contributed by atoms with Gasteiger partial charge in [0.15, 0.2) is 0 Å². The van der Waals surface area contributed by atoms with E-state index >= 15 is 0 Å². The highest BCUT2D eigenvalue weighted by Crippen LogP contribution is 2.24. The van der Waals surface area contributed by atoms with Crippen molar-refractivity contribution in [3.63, 3.8) is 0 Å². The third kappa shape index (κ3) is 3.30. The second-order valence-corrected chi connectivity index (χ2v) is 6.04. The third-order valence-electron chi connectivity index (χ3n) is 3.73. The van der Waals surface area contributed by atoms with Gasteiger partial charge in [-0.2, -0.15) is 0 Å². The van der Waals surface area contributed by atoms with Crippen LogP contribution in [0.5, 0.6) is 0 Å². The summed E-state index contributed by atoms with van der Waals surface area (Å²) in [5, 5.41) is 5.99. The molecule has 2 nitrogen and oxygen atoms in total. The molecule has 0 bridgehead atoms. The van der Waals surface area contributed by atoms with E-state index in [2.05, 4.69) is 42.4 Å². The Morgan fingerprint density at radius 2 is 2.41 bits per heavy atom. The Kier molecular flexibility index (Phi) is 4.60. The molecule has 2 unspecified atom stereocenters. The summed E-state index contributed by atoms with van der Waals surface area (Å²) in [6, 6.07) is 3.38. The van der Waals surface area contributed by atoms with Crippen molar-refractivity contribution >= 4 is 11.3 Å². The van der Waals surface area contributed by atoms with Crippen molar-refractivity contribution in [2.45, 2.75) is 45.7 Å². The second kappa shape index (κ2) is 5.98. The lowest BCUT2D eigenvalue weighted by Gasteiger charge is -2.34. The summed E-state index contributed by atoms with van der Waals surface area (Å²) in [6.07, 6.45) is 2.66. The molecule has 0 saturated carbocycles. The summed E-state index contributed by atoms with van der Waals surface area (Å²) in [5.74, 6) is 0. The first-order valence-corrected chi connectivity index (χ1v) is 7.61. The average Bonchev–Trinajstić information content (AvgIpc) is 2.76. The molecule has 1 aliphatic rings. The molecule has 0 aliphatic carbocycles. The average molecular weight is 252 g/mol. The van der Waals surface area contributed by atoms with Gasteiger partial charge >= 0.3 is 0 Å². The number of hydrogen-bond donors (Lipinski definition) is 1. The van der Waals surface area contributed by atoms with Crippen molar-refractivity contribution in [2.24, 2.45) is 0 Å². The smallest absolute Gasteiger partial charge is 0.0391 e. The zero-order valence-electron chi connectivity index (χ0n) is 11.2. The van der Waals surface area contributed by atoms with Crippen molar-refractivity contribution < 1.29 is 0 Å². The molecule has 0 spiro atoms. The standard InChI is InChI=1S/C14H24N2S/c1-4-16-8-5-6-13(10-16)15-12(3)14-11(2)7-9-17-14/h7,9,12-13,15H,4-6,8,10H2,1-3H3. The van der Waals surface area contributed by atoms with Gasteiger partial charge in [-0.15, -0.1) is 11.3 Å². The van der Waals surface area contributed by atoms with E-state index in [1.165, 1.54) is 42.9 Å². The normalized spacial score (nSPS) is 23.8. The molecule has 1 fully saturated rings. The maximum atomic E-state index is 3.80. The fourth-order valence-electron chi connectivity index (χ4n) is 2.74. The van der Waals surface area contributed by atoms with E-state index in [9.17, 15) is 0 Å². The molecule has 2 heterocycles. The number of hydrogen-bond acceptors (Lipinski definition) is 3. The van der Waals surface area contributed by atoms with Crippen LogP contribution < -0.4 is 5.32 Å². The van der Waals surface area contributed by atoms with Crippen LogP contribution in [0, 0.1) is 6.92 Å². The number of likely N-dealkylation sites (N-methyl/N-ethyl adjacent to an activating group) is 1. The highest BCUT2D eigenvalue weighted by Gasteiger charge is 2.21. The van der Waals surface area contributed by atoms with Crippen LogP contribution in [0.4, 0.5) is 0 Å². The molecule has 1 N–H and O–H groups in total. The predicted octanol–water partition coefficient (Wildman–Crippen LogP) is 3.19. The van der Waals surface area contributed by atoms with Gasteiger partial charge in [-0.3, -0.25) is 0 Å². The first kappa shape index (κ1) is 13.1. The van der Waals surface area contributed by atoms with Crippen LogP contribution in [-0.2, 0) is 0 Å². The van der Waals surface area contributed by atoms with Gasteiger partial charge < -0.3 is 10.2 Å². The molecule has 1 aliphatic heterocycles. The van der Waals surface area contributed by atoms with Crippen molar-refractivity contribution in [3.8, 4) is 0 Å². The topological polar surface area (TPSA) is 15.3 Å². The second-order valence-electron chi connectivity index (χ2n) is 5.09. The molecule has 1 saturated heterocycles. The number of nitrogens with zero attached hydrogens (tertiary/aromatic N) is 1. The lowest BCUT2D eigenvalue weighted by Crippen LogP contribution is -2.46. The fraction of sp³-hybridized carbons (Fsp3) is 0.714.